The Morgan fingerprint density at radius 2 is 1.83 bits per heavy atom. The molecule has 2 aromatic carbocycles. The summed E-state index contributed by atoms with van der Waals surface area (Å²) >= 11 is 1.99. The third-order valence-electron chi connectivity index (χ3n) is 4.65. The van der Waals surface area contributed by atoms with E-state index in [4.69, 9.17) is 4.74 Å². The maximum Gasteiger partial charge on any atom is 0.118 e. The Labute approximate surface area is 143 Å². The second kappa shape index (κ2) is 7.27. The lowest BCUT2D eigenvalue weighted by Crippen LogP contribution is -2.26. The molecule has 2 atom stereocenters. The van der Waals surface area contributed by atoms with Crippen molar-refractivity contribution in [2.75, 3.05) is 7.11 Å². The molecular formula is C21H24OS. The first kappa shape index (κ1) is 16.2. The van der Waals surface area contributed by atoms with Gasteiger partial charge in [-0.25, -0.2) is 0 Å². The molecule has 0 unspecified atom stereocenters. The van der Waals surface area contributed by atoms with Gasteiger partial charge in [-0.1, -0.05) is 61.9 Å². The number of thioether (sulfide) groups is 1. The van der Waals surface area contributed by atoms with Gasteiger partial charge in [0, 0.05) is 10.7 Å². The standard InChI is InChI=1S/C21H24OS/c1-3-14-21(19-7-5-4-6-8-19)16-18(13-15-23-21)17-9-11-20(22-2)12-10-17/h4-13,15,18H,3,14,16H2,1-2H3/t18-,21+/m0/s1. The zero-order valence-corrected chi connectivity index (χ0v) is 14.7. The molecular weight excluding hydrogens is 300 g/mol. The summed E-state index contributed by atoms with van der Waals surface area (Å²) in [7, 11) is 1.72. The predicted octanol–water partition coefficient (Wildman–Crippen LogP) is 6.13. The molecule has 0 amide bonds. The van der Waals surface area contributed by atoms with Gasteiger partial charge in [-0.05, 0) is 41.5 Å². The Kier molecular flexibility index (Phi) is 5.12. The summed E-state index contributed by atoms with van der Waals surface area (Å²) in [6.45, 7) is 2.28. The van der Waals surface area contributed by atoms with Crippen molar-refractivity contribution in [3.8, 4) is 5.75 Å². The molecule has 120 valence electrons. The van der Waals surface area contributed by atoms with Gasteiger partial charge in [0.05, 0.1) is 7.11 Å². The van der Waals surface area contributed by atoms with E-state index in [1.54, 1.807) is 7.11 Å². The lowest BCUT2D eigenvalue weighted by molar-refractivity contribution is 0.414. The summed E-state index contributed by atoms with van der Waals surface area (Å²) in [5.74, 6) is 1.39. The van der Waals surface area contributed by atoms with Gasteiger partial charge in [-0.2, -0.15) is 0 Å². The van der Waals surface area contributed by atoms with E-state index < -0.39 is 0 Å². The summed E-state index contributed by atoms with van der Waals surface area (Å²) in [4.78, 5) is 0. The first-order chi connectivity index (χ1) is 11.3. The lowest BCUT2D eigenvalue weighted by Gasteiger charge is -2.38. The highest BCUT2D eigenvalue weighted by Gasteiger charge is 2.36. The van der Waals surface area contributed by atoms with Crippen LogP contribution in [0.1, 0.15) is 43.2 Å². The number of benzene rings is 2. The SMILES string of the molecule is CCC[C@]1(c2ccccc2)C[C@@H](c2ccc(OC)cc2)C=CS1. The van der Waals surface area contributed by atoms with Gasteiger partial charge < -0.3 is 4.74 Å². The van der Waals surface area contributed by atoms with E-state index in [2.05, 4.69) is 73.0 Å². The average Bonchev–Trinajstić information content (AvgIpc) is 2.63. The molecule has 1 aliphatic heterocycles. The maximum atomic E-state index is 5.28. The predicted molar refractivity (Wildman–Crippen MR) is 100 cm³/mol. The third kappa shape index (κ3) is 3.48. The first-order valence-corrected chi connectivity index (χ1v) is 9.19. The largest absolute Gasteiger partial charge is 0.497 e. The molecule has 0 bridgehead atoms. The van der Waals surface area contributed by atoms with E-state index in [-0.39, 0.29) is 4.75 Å². The van der Waals surface area contributed by atoms with Crippen molar-refractivity contribution >= 4 is 11.8 Å². The van der Waals surface area contributed by atoms with E-state index >= 15 is 0 Å². The minimum absolute atomic E-state index is 0.190. The molecule has 0 saturated heterocycles. The van der Waals surface area contributed by atoms with Crippen LogP contribution in [0.15, 0.2) is 66.1 Å². The second-order valence-corrected chi connectivity index (χ2v) is 7.43. The van der Waals surface area contributed by atoms with E-state index in [1.165, 1.54) is 24.0 Å². The highest BCUT2D eigenvalue weighted by Crippen LogP contribution is 2.51. The van der Waals surface area contributed by atoms with E-state index in [0.29, 0.717) is 5.92 Å². The zero-order valence-electron chi connectivity index (χ0n) is 13.9. The van der Waals surface area contributed by atoms with Crippen molar-refractivity contribution in [2.45, 2.75) is 36.9 Å². The number of hydrogen-bond donors (Lipinski definition) is 0. The Hall–Kier alpha value is -1.67. The van der Waals surface area contributed by atoms with Crippen LogP contribution in [0.4, 0.5) is 0 Å². The molecule has 1 heterocycles. The van der Waals surface area contributed by atoms with Crippen LogP contribution in [-0.4, -0.2) is 7.11 Å². The monoisotopic (exact) mass is 324 g/mol. The van der Waals surface area contributed by atoms with Crippen LogP contribution >= 0.6 is 11.8 Å². The summed E-state index contributed by atoms with van der Waals surface area (Å²) in [5.41, 5.74) is 2.83. The molecule has 0 spiro atoms. The molecule has 1 nitrogen and oxygen atoms in total. The minimum atomic E-state index is 0.190. The molecule has 0 saturated carbocycles. The quantitative estimate of drug-likeness (QED) is 0.654. The maximum absolute atomic E-state index is 5.28. The first-order valence-electron chi connectivity index (χ1n) is 8.31. The van der Waals surface area contributed by atoms with Crippen LogP contribution < -0.4 is 4.74 Å². The Morgan fingerprint density at radius 1 is 1.09 bits per heavy atom. The van der Waals surface area contributed by atoms with Crippen molar-refractivity contribution in [3.63, 3.8) is 0 Å². The number of allylic oxidation sites excluding steroid dienone is 1. The summed E-state index contributed by atoms with van der Waals surface area (Å²) in [5, 5.41) is 2.31. The van der Waals surface area contributed by atoms with Gasteiger partial charge in [-0.15, -0.1) is 11.8 Å². The van der Waals surface area contributed by atoms with Crippen LogP contribution in [0.25, 0.3) is 0 Å². The molecule has 0 aliphatic carbocycles. The van der Waals surface area contributed by atoms with Crippen molar-refractivity contribution < 1.29 is 4.74 Å². The van der Waals surface area contributed by atoms with Crippen molar-refractivity contribution in [3.05, 3.63) is 77.2 Å². The van der Waals surface area contributed by atoms with Crippen LogP contribution in [0.3, 0.4) is 0 Å². The van der Waals surface area contributed by atoms with Gasteiger partial charge in [-0.3, -0.25) is 0 Å². The molecule has 0 aromatic heterocycles. The fourth-order valence-electron chi connectivity index (χ4n) is 3.45. The summed E-state index contributed by atoms with van der Waals surface area (Å²) in [6.07, 6.45) is 5.91. The van der Waals surface area contributed by atoms with Crippen LogP contribution in [-0.2, 0) is 4.75 Å². The molecule has 1 aliphatic rings. The molecule has 0 N–H and O–H groups in total. The minimum Gasteiger partial charge on any atom is -0.497 e. The van der Waals surface area contributed by atoms with Crippen LogP contribution in [0.2, 0.25) is 0 Å². The van der Waals surface area contributed by atoms with Gasteiger partial charge in [0.2, 0.25) is 0 Å². The van der Waals surface area contributed by atoms with E-state index in [9.17, 15) is 0 Å². The average molecular weight is 324 g/mol. The van der Waals surface area contributed by atoms with Crippen LogP contribution in [0.5, 0.6) is 5.75 Å². The lowest BCUT2D eigenvalue weighted by atomic mass is 9.81. The molecule has 0 radical (unpaired) electrons. The summed E-state index contributed by atoms with van der Waals surface area (Å²) < 4.78 is 5.47. The fourth-order valence-corrected chi connectivity index (χ4v) is 4.85. The Balaban J connectivity index is 1.90. The molecule has 0 fully saturated rings. The Morgan fingerprint density at radius 3 is 2.48 bits per heavy atom. The highest BCUT2D eigenvalue weighted by atomic mass is 32.2. The molecule has 2 aromatic rings. The van der Waals surface area contributed by atoms with Crippen molar-refractivity contribution in [1.82, 2.24) is 0 Å². The summed E-state index contributed by atoms with van der Waals surface area (Å²) in [6, 6.07) is 19.5. The molecule has 3 rings (SSSR count). The fraction of sp³-hybridized carbons (Fsp3) is 0.333. The van der Waals surface area contributed by atoms with Gasteiger partial charge in [0.25, 0.3) is 0 Å². The zero-order chi connectivity index (χ0) is 16.1. The smallest absolute Gasteiger partial charge is 0.118 e. The molecule has 23 heavy (non-hydrogen) atoms. The van der Waals surface area contributed by atoms with Gasteiger partial charge in [0.1, 0.15) is 5.75 Å². The Bertz CT molecular complexity index is 647. The second-order valence-electron chi connectivity index (χ2n) is 6.14. The van der Waals surface area contributed by atoms with Gasteiger partial charge >= 0.3 is 0 Å². The number of ether oxygens (including phenoxy) is 1. The number of hydrogen-bond acceptors (Lipinski definition) is 2. The van der Waals surface area contributed by atoms with E-state index in [0.717, 1.165) is 12.2 Å². The third-order valence-corrected chi connectivity index (χ3v) is 6.00. The number of methoxy groups -OCH3 is 1. The van der Waals surface area contributed by atoms with E-state index in [1.807, 2.05) is 11.8 Å². The van der Waals surface area contributed by atoms with Crippen LogP contribution in [0, 0.1) is 0 Å². The van der Waals surface area contributed by atoms with Crippen molar-refractivity contribution in [2.24, 2.45) is 0 Å². The van der Waals surface area contributed by atoms with Crippen molar-refractivity contribution in [1.29, 1.82) is 0 Å². The normalized spacial score (nSPS) is 23.7. The topological polar surface area (TPSA) is 9.23 Å². The highest BCUT2D eigenvalue weighted by molar-refractivity contribution is 8.03. The molecule has 2 heteroatoms. The number of rotatable bonds is 5. The van der Waals surface area contributed by atoms with Gasteiger partial charge in [0.15, 0.2) is 0 Å².